The van der Waals surface area contributed by atoms with E-state index in [9.17, 15) is 4.79 Å². The third kappa shape index (κ3) is 3.31. The van der Waals surface area contributed by atoms with Crippen molar-refractivity contribution in [3.05, 3.63) is 36.0 Å². The zero-order chi connectivity index (χ0) is 14.5. The monoisotopic (exact) mass is 274 g/mol. The van der Waals surface area contributed by atoms with Gasteiger partial charge in [0.05, 0.1) is 0 Å². The van der Waals surface area contributed by atoms with Gasteiger partial charge in [0.2, 0.25) is 0 Å². The quantitative estimate of drug-likeness (QED) is 0.833. The molecule has 0 saturated heterocycles. The van der Waals surface area contributed by atoms with Crippen LogP contribution in [0.3, 0.4) is 0 Å². The van der Waals surface area contributed by atoms with Crippen molar-refractivity contribution in [1.29, 1.82) is 0 Å². The molecule has 0 fully saturated rings. The first kappa shape index (κ1) is 14.0. The summed E-state index contributed by atoms with van der Waals surface area (Å²) >= 11 is 0. The number of carbonyl (C=O) groups is 1. The van der Waals surface area contributed by atoms with Gasteiger partial charge in [-0.05, 0) is 25.5 Å². The molecule has 106 valence electrons. The van der Waals surface area contributed by atoms with Crippen molar-refractivity contribution in [2.75, 3.05) is 18.5 Å². The topological polar surface area (TPSA) is 89.9 Å². The summed E-state index contributed by atoms with van der Waals surface area (Å²) < 4.78 is 2.11. The molecule has 0 atom stereocenters. The highest BCUT2D eigenvalue weighted by Crippen LogP contribution is 2.08. The normalized spacial score (nSPS) is 10.5. The second-order valence-electron chi connectivity index (χ2n) is 4.58. The van der Waals surface area contributed by atoms with Crippen LogP contribution < -0.4 is 10.6 Å². The van der Waals surface area contributed by atoms with Gasteiger partial charge in [-0.3, -0.25) is 4.79 Å². The van der Waals surface area contributed by atoms with Gasteiger partial charge >= 0.3 is 0 Å². The van der Waals surface area contributed by atoms with Gasteiger partial charge in [0.15, 0.2) is 11.5 Å². The van der Waals surface area contributed by atoms with Gasteiger partial charge in [-0.15, -0.1) is 10.2 Å². The van der Waals surface area contributed by atoms with Gasteiger partial charge in [-0.1, -0.05) is 0 Å². The molecule has 0 aliphatic carbocycles. The predicted molar refractivity (Wildman–Crippen MR) is 75.4 cm³/mol. The van der Waals surface area contributed by atoms with Crippen molar-refractivity contribution in [2.45, 2.75) is 19.9 Å². The fourth-order valence-corrected chi connectivity index (χ4v) is 1.89. The van der Waals surface area contributed by atoms with Crippen LogP contribution in [0.5, 0.6) is 0 Å². The molecule has 2 rings (SSSR count). The van der Waals surface area contributed by atoms with Crippen LogP contribution in [0.4, 0.5) is 5.82 Å². The summed E-state index contributed by atoms with van der Waals surface area (Å²) in [6.45, 7) is 3.73. The Labute approximate surface area is 117 Å². The largest absolute Gasteiger partial charge is 0.364 e. The van der Waals surface area contributed by atoms with E-state index >= 15 is 0 Å². The van der Waals surface area contributed by atoms with Gasteiger partial charge in [-0.25, -0.2) is 4.98 Å². The number of imidazole rings is 1. The summed E-state index contributed by atoms with van der Waals surface area (Å²) in [5, 5.41) is 7.78. The minimum Gasteiger partial charge on any atom is -0.364 e. The SMILES string of the molecule is Cc1nccn1CCCN(C)c1ccc(C(N)=O)nn1. The maximum atomic E-state index is 10.9. The lowest BCUT2D eigenvalue weighted by atomic mass is 10.3. The van der Waals surface area contributed by atoms with E-state index in [4.69, 9.17) is 5.73 Å². The van der Waals surface area contributed by atoms with Gasteiger partial charge < -0.3 is 15.2 Å². The summed E-state index contributed by atoms with van der Waals surface area (Å²) in [5.41, 5.74) is 5.30. The molecular weight excluding hydrogens is 256 g/mol. The summed E-state index contributed by atoms with van der Waals surface area (Å²) in [5.74, 6) is 1.16. The number of rotatable bonds is 6. The molecule has 1 amide bonds. The number of hydrogen-bond donors (Lipinski definition) is 1. The van der Waals surface area contributed by atoms with E-state index in [0.717, 1.165) is 31.2 Å². The van der Waals surface area contributed by atoms with E-state index in [1.54, 1.807) is 18.3 Å². The number of carbonyl (C=O) groups excluding carboxylic acids is 1. The van der Waals surface area contributed by atoms with E-state index in [0.29, 0.717) is 0 Å². The highest BCUT2D eigenvalue weighted by Gasteiger charge is 2.06. The summed E-state index contributed by atoms with van der Waals surface area (Å²) in [6.07, 6.45) is 4.73. The summed E-state index contributed by atoms with van der Waals surface area (Å²) in [7, 11) is 1.94. The number of primary amides is 1. The Hall–Kier alpha value is -2.44. The molecule has 0 saturated carbocycles. The molecular formula is C13H18N6O. The average Bonchev–Trinajstić information content (AvgIpc) is 2.84. The highest BCUT2D eigenvalue weighted by molar-refractivity contribution is 5.90. The molecule has 0 aliphatic heterocycles. The number of anilines is 1. The zero-order valence-electron chi connectivity index (χ0n) is 11.7. The molecule has 2 N–H and O–H groups in total. The Morgan fingerprint density at radius 2 is 2.20 bits per heavy atom. The number of nitrogens with zero attached hydrogens (tertiary/aromatic N) is 5. The minimum absolute atomic E-state index is 0.177. The van der Waals surface area contributed by atoms with E-state index in [1.807, 2.05) is 25.1 Å². The van der Waals surface area contributed by atoms with Gasteiger partial charge in [-0.2, -0.15) is 0 Å². The van der Waals surface area contributed by atoms with Crippen molar-refractivity contribution in [2.24, 2.45) is 5.73 Å². The van der Waals surface area contributed by atoms with Crippen LogP contribution in [0.15, 0.2) is 24.5 Å². The van der Waals surface area contributed by atoms with Crippen LogP contribution >= 0.6 is 0 Å². The molecule has 7 heteroatoms. The Kier molecular flexibility index (Phi) is 4.29. The molecule has 0 radical (unpaired) electrons. The first-order chi connectivity index (χ1) is 9.58. The number of amides is 1. The van der Waals surface area contributed by atoms with E-state index in [2.05, 4.69) is 19.7 Å². The van der Waals surface area contributed by atoms with E-state index in [1.165, 1.54) is 0 Å². The van der Waals surface area contributed by atoms with Crippen LogP contribution in [0, 0.1) is 6.92 Å². The summed E-state index contributed by atoms with van der Waals surface area (Å²) in [4.78, 5) is 17.1. The third-order valence-corrected chi connectivity index (χ3v) is 3.11. The lowest BCUT2D eigenvalue weighted by Gasteiger charge is -2.17. The molecule has 20 heavy (non-hydrogen) atoms. The van der Waals surface area contributed by atoms with Crippen LogP contribution in [0.25, 0.3) is 0 Å². The first-order valence-corrected chi connectivity index (χ1v) is 6.40. The van der Waals surface area contributed by atoms with E-state index < -0.39 is 5.91 Å². The molecule has 0 aliphatic rings. The molecule has 0 unspecified atom stereocenters. The van der Waals surface area contributed by atoms with E-state index in [-0.39, 0.29) is 5.69 Å². The lowest BCUT2D eigenvalue weighted by Crippen LogP contribution is -2.22. The molecule has 0 spiro atoms. The predicted octanol–water partition coefficient (Wildman–Crippen LogP) is 0.607. The van der Waals surface area contributed by atoms with Crippen molar-refractivity contribution < 1.29 is 4.79 Å². The van der Waals surface area contributed by atoms with Crippen molar-refractivity contribution in [1.82, 2.24) is 19.7 Å². The van der Waals surface area contributed by atoms with Crippen LogP contribution in [0.2, 0.25) is 0 Å². The Balaban J connectivity index is 1.87. The number of nitrogens with two attached hydrogens (primary N) is 1. The van der Waals surface area contributed by atoms with Crippen LogP contribution in [-0.4, -0.2) is 39.2 Å². The molecule has 2 aromatic rings. The Morgan fingerprint density at radius 3 is 2.75 bits per heavy atom. The molecule has 0 bridgehead atoms. The van der Waals surface area contributed by atoms with Crippen molar-refractivity contribution in [3.8, 4) is 0 Å². The lowest BCUT2D eigenvalue weighted by molar-refractivity contribution is 0.0994. The number of hydrogen-bond acceptors (Lipinski definition) is 5. The fraction of sp³-hybridized carbons (Fsp3) is 0.385. The van der Waals surface area contributed by atoms with Crippen LogP contribution in [-0.2, 0) is 6.54 Å². The molecule has 2 aromatic heterocycles. The molecule has 7 nitrogen and oxygen atoms in total. The van der Waals surface area contributed by atoms with Crippen molar-refractivity contribution >= 4 is 11.7 Å². The molecule has 2 heterocycles. The van der Waals surface area contributed by atoms with Gasteiger partial charge in [0.1, 0.15) is 5.82 Å². The highest BCUT2D eigenvalue weighted by atomic mass is 16.1. The fourth-order valence-electron chi connectivity index (χ4n) is 1.89. The zero-order valence-corrected chi connectivity index (χ0v) is 11.7. The minimum atomic E-state index is -0.567. The maximum absolute atomic E-state index is 10.9. The van der Waals surface area contributed by atoms with Gasteiger partial charge in [0.25, 0.3) is 5.91 Å². The smallest absolute Gasteiger partial charge is 0.269 e. The van der Waals surface area contributed by atoms with Crippen molar-refractivity contribution in [3.63, 3.8) is 0 Å². The number of aryl methyl sites for hydroxylation is 2. The Morgan fingerprint density at radius 1 is 1.40 bits per heavy atom. The standard InChI is InChI=1S/C13H18N6O/c1-10-15-6-9-19(10)8-3-7-18(2)12-5-4-11(13(14)20)16-17-12/h4-6,9H,3,7-8H2,1-2H3,(H2,14,20). The molecule has 0 aromatic carbocycles. The average molecular weight is 274 g/mol. The second kappa shape index (κ2) is 6.14. The number of aromatic nitrogens is 4. The third-order valence-electron chi connectivity index (χ3n) is 3.11. The maximum Gasteiger partial charge on any atom is 0.269 e. The Bertz CT molecular complexity index is 577. The van der Waals surface area contributed by atoms with Crippen LogP contribution in [0.1, 0.15) is 22.7 Å². The second-order valence-corrected chi connectivity index (χ2v) is 4.58. The summed E-state index contributed by atoms with van der Waals surface area (Å²) in [6, 6.07) is 3.33. The first-order valence-electron chi connectivity index (χ1n) is 6.40. The van der Waals surface area contributed by atoms with Gasteiger partial charge in [0, 0.05) is 32.5 Å².